The molecule has 2 bridgehead atoms. The molecule has 10 heteroatoms. The first-order valence-corrected chi connectivity index (χ1v) is 9.54. The molecule has 3 fully saturated rings. The van der Waals surface area contributed by atoms with Gasteiger partial charge < -0.3 is 18.4 Å². The van der Waals surface area contributed by atoms with Gasteiger partial charge in [-0.25, -0.2) is 0 Å². The van der Waals surface area contributed by atoms with E-state index in [1.54, 1.807) is 6.92 Å². The minimum absolute atomic E-state index is 0.0187. The predicted octanol–water partition coefficient (Wildman–Crippen LogP) is 2.50. The van der Waals surface area contributed by atoms with Crippen molar-refractivity contribution >= 4 is 10.1 Å². The summed E-state index contributed by atoms with van der Waals surface area (Å²) in [5.41, 5.74) is -5.98. The van der Waals surface area contributed by atoms with E-state index in [0.717, 1.165) is 12.8 Å². The molecule has 1 spiro atoms. The fourth-order valence-electron chi connectivity index (χ4n) is 3.71. The third-order valence-electron chi connectivity index (χ3n) is 4.99. The molecule has 6 nitrogen and oxygen atoms in total. The highest BCUT2D eigenvalue weighted by atomic mass is 32.2. The Labute approximate surface area is 144 Å². The Morgan fingerprint density at radius 2 is 2.12 bits per heavy atom. The Kier molecular flexibility index (Phi) is 4.85. The average molecular weight is 386 g/mol. The van der Waals surface area contributed by atoms with Crippen LogP contribution in [0.1, 0.15) is 32.6 Å². The van der Waals surface area contributed by atoms with Crippen molar-refractivity contribution in [3.05, 3.63) is 12.3 Å². The van der Waals surface area contributed by atoms with Gasteiger partial charge in [-0.2, -0.15) is 21.6 Å². The van der Waals surface area contributed by atoms with Crippen LogP contribution in [0.15, 0.2) is 12.3 Å². The lowest BCUT2D eigenvalue weighted by molar-refractivity contribution is -0.186. The van der Waals surface area contributed by atoms with Crippen molar-refractivity contribution in [3.63, 3.8) is 0 Å². The second kappa shape index (κ2) is 6.40. The summed E-state index contributed by atoms with van der Waals surface area (Å²) in [5.74, 6) is -1.06. The lowest BCUT2D eigenvalue weighted by Crippen LogP contribution is -2.52. The van der Waals surface area contributed by atoms with Crippen LogP contribution in [0, 0.1) is 5.92 Å². The van der Waals surface area contributed by atoms with Crippen LogP contribution in [-0.4, -0.2) is 51.1 Å². The highest BCUT2D eigenvalue weighted by Gasteiger charge is 2.56. The number of allylic oxidation sites excluding steroid dienone is 1. The zero-order chi connectivity index (χ0) is 18.5. The Morgan fingerprint density at radius 1 is 1.40 bits per heavy atom. The molecule has 0 radical (unpaired) electrons. The number of halogens is 3. The Balaban J connectivity index is 1.58. The summed E-state index contributed by atoms with van der Waals surface area (Å²) in [6.45, 7) is 5.88. The minimum Gasteiger partial charge on any atom is -0.381 e. The fourth-order valence-corrected chi connectivity index (χ4v) is 4.25. The van der Waals surface area contributed by atoms with Gasteiger partial charge in [0.1, 0.15) is 11.4 Å². The Hall–Kier alpha value is -0.840. The summed E-state index contributed by atoms with van der Waals surface area (Å²) in [7, 11) is -5.69. The minimum atomic E-state index is -5.69. The van der Waals surface area contributed by atoms with E-state index in [4.69, 9.17) is 14.2 Å². The van der Waals surface area contributed by atoms with Gasteiger partial charge in [0.2, 0.25) is 0 Å². The Morgan fingerprint density at radius 3 is 2.80 bits per heavy atom. The molecule has 0 N–H and O–H groups in total. The number of ether oxygens (including phenoxy) is 3. The summed E-state index contributed by atoms with van der Waals surface area (Å²) in [5, 5.41) is 0. The topological polar surface area (TPSA) is 71.1 Å². The number of fused-ring (bicyclic) bond motifs is 1. The van der Waals surface area contributed by atoms with E-state index < -0.39 is 32.9 Å². The van der Waals surface area contributed by atoms with Crippen molar-refractivity contribution in [1.82, 2.24) is 0 Å². The third-order valence-corrected chi connectivity index (χ3v) is 5.99. The summed E-state index contributed by atoms with van der Waals surface area (Å²) in [4.78, 5) is 0. The molecular formula is C15H21F3O6S. The first-order chi connectivity index (χ1) is 11.5. The molecule has 3 saturated heterocycles. The molecule has 5 atom stereocenters. The highest BCUT2D eigenvalue weighted by Crippen LogP contribution is 2.45. The zero-order valence-electron chi connectivity index (χ0n) is 13.8. The monoisotopic (exact) mass is 386 g/mol. The van der Waals surface area contributed by atoms with Gasteiger partial charge in [-0.05, 0) is 19.3 Å². The van der Waals surface area contributed by atoms with E-state index in [2.05, 4.69) is 10.8 Å². The lowest BCUT2D eigenvalue weighted by Gasteiger charge is -2.43. The SMILES string of the molecule is C=C(OS(=O)(=O)C(F)(F)F)C(C)C[C@H]1CCC2OC3COC[C@@]2(C3)O1. The van der Waals surface area contributed by atoms with Gasteiger partial charge in [-0.1, -0.05) is 13.5 Å². The number of hydrogen-bond acceptors (Lipinski definition) is 6. The molecular weight excluding hydrogens is 365 g/mol. The standard InChI is InChI=1S/C15H21F3O6S/c1-9(10(2)24-25(19,20)15(16,17)18)5-11-3-4-13-14(23-11)6-12(22-13)7-21-8-14/h9,11-13H,2-8H2,1H3/t9?,11-,12?,13?,14-/m1/s1. The number of rotatable bonds is 5. The van der Waals surface area contributed by atoms with Crippen LogP contribution < -0.4 is 0 Å². The van der Waals surface area contributed by atoms with Gasteiger partial charge in [0.15, 0.2) is 0 Å². The first kappa shape index (κ1) is 18.9. The molecule has 0 aromatic carbocycles. The van der Waals surface area contributed by atoms with Crippen molar-refractivity contribution in [2.24, 2.45) is 5.92 Å². The Bertz CT molecular complexity index is 634. The highest BCUT2D eigenvalue weighted by molar-refractivity contribution is 7.87. The summed E-state index contributed by atoms with van der Waals surface area (Å²) < 4.78 is 81.0. The largest absolute Gasteiger partial charge is 0.534 e. The van der Waals surface area contributed by atoms with Crippen LogP contribution in [0.3, 0.4) is 0 Å². The molecule has 3 aliphatic rings. The number of hydrogen-bond donors (Lipinski definition) is 0. The van der Waals surface area contributed by atoms with E-state index in [0.29, 0.717) is 26.1 Å². The maximum atomic E-state index is 12.4. The van der Waals surface area contributed by atoms with Crippen LogP contribution in [0.2, 0.25) is 0 Å². The lowest BCUT2D eigenvalue weighted by atomic mass is 9.84. The van der Waals surface area contributed by atoms with Crippen molar-refractivity contribution < 1.29 is 40.0 Å². The molecule has 3 aliphatic heterocycles. The molecule has 0 amide bonds. The van der Waals surface area contributed by atoms with Crippen molar-refractivity contribution in [2.45, 2.75) is 62.0 Å². The van der Waals surface area contributed by atoms with Crippen LogP contribution in [-0.2, 0) is 28.5 Å². The van der Waals surface area contributed by atoms with Gasteiger partial charge in [0.25, 0.3) is 0 Å². The molecule has 0 saturated carbocycles. The quantitative estimate of drug-likeness (QED) is 0.411. The fraction of sp³-hybridized carbons (Fsp3) is 0.867. The van der Waals surface area contributed by atoms with E-state index in [9.17, 15) is 21.6 Å². The number of alkyl halides is 3. The van der Waals surface area contributed by atoms with Crippen molar-refractivity contribution in [2.75, 3.05) is 13.2 Å². The molecule has 0 aliphatic carbocycles. The van der Waals surface area contributed by atoms with E-state index in [-0.39, 0.29) is 18.3 Å². The third kappa shape index (κ3) is 3.67. The molecule has 3 rings (SSSR count). The van der Waals surface area contributed by atoms with Gasteiger partial charge in [-0.3, -0.25) is 0 Å². The van der Waals surface area contributed by atoms with Gasteiger partial charge in [0.05, 0.1) is 31.5 Å². The summed E-state index contributed by atoms with van der Waals surface area (Å²) in [6, 6.07) is 0. The predicted molar refractivity (Wildman–Crippen MR) is 79.9 cm³/mol. The van der Waals surface area contributed by atoms with Gasteiger partial charge >= 0.3 is 15.6 Å². The maximum absolute atomic E-state index is 12.4. The average Bonchev–Trinajstić information content (AvgIpc) is 2.74. The summed E-state index contributed by atoms with van der Waals surface area (Å²) in [6.07, 6.45) is 2.23. The molecule has 3 unspecified atom stereocenters. The van der Waals surface area contributed by atoms with E-state index in [1.807, 2.05) is 0 Å². The van der Waals surface area contributed by atoms with E-state index >= 15 is 0 Å². The van der Waals surface area contributed by atoms with Crippen molar-refractivity contribution in [3.8, 4) is 0 Å². The normalized spacial score (nSPS) is 36.6. The van der Waals surface area contributed by atoms with Crippen LogP contribution in [0.4, 0.5) is 13.2 Å². The molecule has 0 aromatic rings. The van der Waals surface area contributed by atoms with Gasteiger partial charge in [0, 0.05) is 12.3 Å². The van der Waals surface area contributed by atoms with Gasteiger partial charge in [-0.15, -0.1) is 0 Å². The molecule has 0 aromatic heterocycles. The molecule has 3 heterocycles. The molecule has 25 heavy (non-hydrogen) atoms. The van der Waals surface area contributed by atoms with Crippen LogP contribution in [0.5, 0.6) is 0 Å². The smallest absolute Gasteiger partial charge is 0.381 e. The van der Waals surface area contributed by atoms with Crippen molar-refractivity contribution in [1.29, 1.82) is 0 Å². The van der Waals surface area contributed by atoms with Crippen LogP contribution in [0.25, 0.3) is 0 Å². The maximum Gasteiger partial charge on any atom is 0.534 e. The second-order valence-electron chi connectivity index (χ2n) is 6.93. The van der Waals surface area contributed by atoms with E-state index in [1.165, 1.54) is 0 Å². The molecule has 144 valence electrons. The second-order valence-corrected chi connectivity index (χ2v) is 8.47. The zero-order valence-corrected chi connectivity index (χ0v) is 14.6. The summed E-state index contributed by atoms with van der Waals surface area (Å²) >= 11 is 0. The first-order valence-electron chi connectivity index (χ1n) is 8.13. The van der Waals surface area contributed by atoms with Crippen LogP contribution >= 0.6 is 0 Å².